The van der Waals surface area contributed by atoms with Crippen molar-refractivity contribution >= 4 is 5.91 Å². The Morgan fingerprint density at radius 3 is 2.89 bits per heavy atom. The summed E-state index contributed by atoms with van der Waals surface area (Å²) in [6, 6.07) is 3.41. The number of hydrogen-bond donors (Lipinski definition) is 1. The summed E-state index contributed by atoms with van der Waals surface area (Å²) in [5.74, 6) is 0.379. The molecule has 0 aliphatic heterocycles. The van der Waals surface area contributed by atoms with Crippen LogP contribution in [0.5, 0.6) is 0 Å². The molecular formula is C11H14N6O. The van der Waals surface area contributed by atoms with Crippen LogP contribution in [0.25, 0.3) is 5.82 Å². The Labute approximate surface area is 104 Å². The molecule has 0 bridgehead atoms. The second kappa shape index (κ2) is 4.92. The largest absolute Gasteiger partial charge is 0.343 e. The molecule has 2 heterocycles. The quantitative estimate of drug-likeness (QED) is 0.811. The first-order valence-corrected chi connectivity index (χ1v) is 5.42. The molecule has 0 unspecified atom stereocenters. The third kappa shape index (κ3) is 2.21. The van der Waals surface area contributed by atoms with Gasteiger partial charge in [-0.25, -0.2) is 4.68 Å². The van der Waals surface area contributed by atoms with E-state index in [-0.39, 0.29) is 5.91 Å². The second-order valence-electron chi connectivity index (χ2n) is 3.93. The lowest BCUT2D eigenvalue weighted by atomic mass is 10.3. The highest BCUT2D eigenvalue weighted by atomic mass is 16.2. The van der Waals surface area contributed by atoms with Crippen molar-refractivity contribution in [1.29, 1.82) is 0 Å². The topological polar surface area (TPSA) is 89.9 Å². The Morgan fingerprint density at radius 2 is 2.22 bits per heavy atom. The van der Waals surface area contributed by atoms with Crippen LogP contribution >= 0.6 is 0 Å². The molecule has 0 spiro atoms. The zero-order valence-electron chi connectivity index (χ0n) is 10.2. The fraction of sp³-hybridized carbons (Fsp3) is 0.273. The van der Waals surface area contributed by atoms with E-state index >= 15 is 0 Å². The van der Waals surface area contributed by atoms with Gasteiger partial charge in [0.2, 0.25) is 0 Å². The van der Waals surface area contributed by atoms with Gasteiger partial charge in [0.15, 0.2) is 11.5 Å². The van der Waals surface area contributed by atoms with Gasteiger partial charge >= 0.3 is 0 Å². The molecule has 0 aliphatic rings. The van der Waals surface area contributed by atoms with Gasteiger partial charge < -0.3 is 10.6 Å². The van der Waals surface area contributed by atoms with Crippen molar-refractivity contribution in [2.75, 3.05) is 14.1 Å². The van der Waals surface area contributed by atoms with E-state index in [0.29, 0.717) is 18.1 Å². The summed E-state index contributed by atoms with van der Waals surface area (Å²) in [6.07, 6.45) is 3.24. The van der Waals surface area contributed by atoms with Gasteiger partial charge in [-0.05, 0) is 12.1 Å². The predicted molar refractivity (Wildman–Crippen MR) is 65.1 cm³/mol. The minimum Gasteiger partial charge on any atom is -0.343 e. The zero-order valence-corrected chi connectivity index (χ0v) is 10.2. The lowest BCUT2D eigenvalue weighted by Crippen LogP contribution is -2.22. The fourth-order valence-electron chi connectivity index (χ4n) is 1.49. The summed E-state index contributed by atoms with van der Waals surface area (Å²) in [6.45, 7) is 0.335. The Balaban J connectivity index is 2.38. The summed E-state index contributed by atoms with van der Waals surface area (Å²) in [5, 5.41) is 12.0. The van der Waals surface area contributed by atoms with Crippen LogP contribution in [0.4, 0.5) is 0 Å². The highest BCUT2D eigenvalue weighted by molar-refractivity contribution is 5.91. The zero-order chi connectivity index (χ0) is 13.1. The van der Waals surface area contributed by atoms with Crippen molar-refractivity contribution in [3.8, 4) is 5.82 Å². The Kier molecular flexibility index (Phi) is 3.33. The third-order valence-corrected chi connectivity index (χ3v) is 2.43. The van der Waals surface area contributed by atoms with E-state index in [1.54, 1.807) is 38.6 Å². The van der Waals surface area contributed by atoms with Crippen molar-refractivity contribution in [2.24, 2.45) is 5.73 Å². The molecule has 0 atom stereocenters. The monoisotopic (exact) mass is 246 g/mol. The van der Waals surface area contributed by atoms with Crippen molar-refractivity contribution in [2.45, 2.75) is 6.54 Å². The smallest absolute Gasteiger partial charge is 0.273 e. The van der Waals surface area contributed by atoms with Crippen LogP contribution in [-0.2, 0) is 6.54 Å². The molecule has 0 saturated carbocycles. The maximum absolute atomic E-state index is 11.7. The molecule has 2 N–H and O–H groups in total. The maximum Gasteiger partial charge on any atom is 0.273 e. The normalized spacial score (nSPS) is 10.4. The van der Waals surface area contributed by atoms with Crippen LogP contribution in [0, 0.1) is 0 Å². The fourth-order valence-corrected chi connectivity index (χ4v) is 1.49. The average molecular weight is 246 g/mol. The van der Waals surface area contributed by atoms with Crippen LogP contribution in [0.2, 0.25) is 0 Å². The molecule has 0 saturated heterocycles. The standard InChI is InChI=1S/C11H14N6O/c1-16(2)11(18)9-4-6-17(15-9)10-8(7-12)3-5-13-14-10/h3-6H,7,12H2,1-2H3. The van der Waals surface area contributed by atoms with Crippen molar-refractivity contribution < 1.29 is 4.79 Å². The molecule has 94 valence electrons. The van der Waals surface area contributed by atoms with Crippen molar-refractivity contribution in [3.63, 3.8) is 0 Å². The number of amides is 1. The average Bonchev–Trinajstić information content (AvgIpc) is 2.87. The molecule has 18 heavy (non-hydrogen) atoms. The maximum atomic E-state index is 11.7. The molecular weight excluding hydrogens is 232 g/mol. The number of nitrogens with two attached hydrogens (primary N) is 1. The molecule has 7 heteroatoms. The summed E-state index contributed by atoms with van der Waals surface area (Å²) >= 11 is 0. The Bertz CT molecular complexity index is 562. The molecule has 2 aromatic rings. The van der Waals surface area contributed by atoms with Crippen LogP contribution in [0.3, 0.4) is 0 Å². The van der Waals surface area contributed by atoms with Gasteiger partial charge in [-0.3, -0.25) is 4.79 Å². The van der Waals surface area contributed by atoms with Gasteiger partial charge in [-0.1, -0.05) is 0 Å². The number of carbonyl (C=O) groups is 1. The lowest BCUT2D eigenvalue weighted by Gasteiger charge is -2.07. The highest BCUT2D eigenvalue weighted by Crippen LogP contribution is 2.10. The van der Waals surface area contributed by atoms with Crippen LogP contribution in [0.1, 0.15) is 16.1 Å². The first kappa shape index (κ1) is 12.2. The van der Waals surface area contributed by atoms with Gasteiger partial charge in [0.25, 0.3) is 5.91 Å². The van der Waals surface area contributed by atoms with Crippen LogP contribution in [-0.4, -0.2) is 44.9 Å². The van der Waals surface area contributed by atoms with Gasteiger partial charge in [0, 0.05) is 32.4 Å². The van der Waals surface area contributed by atoms with E-state index in [2.05, 4.69) is 15.3 Å². The summed E-state index contributed by atoms with van der Waals surface area (Å²) in [7, 11) is 3.35. The predicted octanol–water partition coefficient (Wildman–Crippen LogP) is -0.177. The number of nitrogens with zero attached hydrogens (tertiary/aromatic N) is 5. The molecule has 0 aromatic carbocycles. The third-order valence-electron chi connectivity index (χ3n) is 2.43. The van der Waals surface area contributed by atoms with E-state index in [4.69, 9.17) is 5.73 Å². The van der Waals surface area contributed by atoms with Gasteiger partial charge in [0.05, 0.1) is 6.20 Å². The van der Waals surface area contributed by atoms with Gasteiger partial charge in [-0.15, -0.1) is 5.10 Å². The molecule has 2 aromatic heterocycles. The molecule has 1 amide bonds. The summed E-state index contributed by atoms with van der Waals surface area (Å²) in [5.41, 5.74) is 6.79. The Morgan fingerprint density at radius 1 is 1.44 bits per heavy atom. The van der Waals surface area contributed by atoms with E-state index in [9.17, 15) is 4.79 Å². The van der Waals surface area contributed by atoms with Crippen molar-refractivity contribution in [1.82, 2.24) is 24.9 Å². The van der Waals surface area contributed by atoms with Gasteiger partial charge in [0.1, 0.15) is 0 Å². The van der Waals surface area contributed by atoms with Crippen molar-refractivity contribution in [3.05, 3.63) is 35.8 Å². The minimum absolute atomic E-state index is 0.160. The van der Waals surface area contributed by atoms with E-state index in [0.717, 1.165) is 5.56 Å². The number of carbonyl (C=O) groups excluding carboxylic acids is 1. The lowest BCUT2D eigenvalue weighted by molar-refractivity contribution is 0.0821. The van der Waals surface area contributed by atoms with E-state index in [1.165, 1.54) is 9.58 Å². The first-order chi connectivity index (χ1) is 8.63. The molecule has 0 fully saturated rings. The van der Waals surface area contributed by atoms with Crippen LogP contribution in [0.15, 0.2) is 24.5 Å². The van der Waals surface area contributed by atoms with E-state index < -0.39 is 0 Å². The number of hydrogen-bond acceptors (Lipinski definition) is 5. The molecule has 7 nitrogen and oxygen atoms in total. The van der Waals surface area contributed by atoms with Gasteiger partial charge in [-0.2, -0.15) is 10.2 Å². The van der Waals surface area contributed by atoms with E-state index in [1.807, 2.05) is 0 Å². The first-order valence-electron chi connectivity index (χ1n) is 5.42. The number of aromatic nitrogens is 4. The molecule has 0 aliphatic carbocycles. The minimum atomic E-state index is -0.160. The second-order valence-corrected chi connectivity index (χ2v) is 3.93. The SMILES string of the molecule is CN(C)C(=O)c1ccn(-c2nnccc2CN)n1. The van der Waals surface area contributed by atoms with Crippen LogP contribution < -0.4 is 5.73 Å². The Hall–Kier alpha value is -2.28. The summed E-state index contributed by atoms with van der Waals surface area (Å²) in [4.78, 5) is 13.2. The molecule has 2 rings (SSSR count). The highest BCUT2D eigenvalue weighted by Gasteiger charge is 2.13. The molecule has 0 radical (unpaired) electrons. The summed E-state index contributed by atoms with van der Waals surface area (Å²) < 4.78 is 1.51. The number of rotatable bonds is 3.